The predicted octanol–water partition coefficient (Wildman–Crippen LogP) is 6.16. The number of nitrogens with one attached hydrogen (secondary N) is 1. The van der Waals surface area contributed by atoms with E-state index in [0.717, 1.165) is 67.9 Å². The first-order valence-corrected chi connectivity index (χ1v) is 15.5. The Morgan fingerprint density at radius 3 is 1.29 bits per heavy atom. The van der Waals surface area contributed by atoms with Gasteiger partial charge in [0, 0.05) is 18.5 Å². The summed E-state index contributed by atoms with van der Waals surface area (Å²) in [5.41, 5.74) is 0.0371. The highest BCUT2D eigenvalue weighted by Gasteiger charge is 2.56. The summed E-state index contributed by atoms with van der Waals surface area (Å²) in [7, 11) is 0. The molecule has 8 saturated carbocycles. The van der Waals surface area contributed by atoms with Crippen LogP contribution in [0.5, 0.6) is 0 Å². The fourth-order valence-corrected chi connectivity index (χ4v) is 10.8. The van der Waals surface area contributed by atoms with Crippen molar-refractivity contribution in [1.82, 2.24) is 10.2 Å². The number of carbonyl (C=O) groups is 2. The molecule has 8 bridgehead atoms. The lowest BCUT2D eigenvalue weighted by Gasteiger charge is -2.56. The van der Waals surface area contributed by atoms with Crippen LogP contribution in [0.4, 0.5) is 0 Å². The number of amides is 1. The summed E-state index contributed by atoms with van der Waals surface area (Å²) in [6, 6.07) is 0. The molecule has 0 aromatic rings. The fraction of sp³-hybridized carbons (Fsp3) is 0.933. The van der Waals surface area contributed by atoms with Gasteiger partial charge >= 0.3 is 0 Å². The first-order valence-electron chi connectivity index (χ1n) is 15.1. The molecular formula is C30H47ClN2O2. The van der Waals surface area contributed by atoms with Crippen LogP contribution < -0.4 is 5.32 Å². The molecular weight excluding hydrogens is 456 g/mol. The zero-order valence-corrected chi connectivity index (χ0v) is 22.5. The van der Waals surface area contributed by atoms with Crippen LogP contribution in [0, 0.1) is 46.3 Å². The van der Waals surface area contributed by atoms with Crippen LogP contribution >= 0.6 is 11.6 Å². The summed E-state index contributed by atoms with van der Waals surface area (Å²) in [5.74, 6) is 5.72. The summed E-state index contributed by atoms with van der Waals surface area (Å²) in [6.45, 7) is 4.58. The summed E-state index contributed by atoms with van der Waals surface area (Å²) >= 11 is 5.76. The van der Waals surface area contributed by atoms with Crippen molar-refractivity contribution in [3.8, 4) is 0 Å². The minimum atomic E-state index is -0.0731. The molecule has 4 nitrogen and oxygen atoms in total. The average molecular weight is 503 g/mol. The van der Waals surface area contributed by atoms with Crippen molar-refractivity contribution >= 4 is 22.8 Å². The maximum Gasteiger partial charge on any atom is 0.228 e. The Morgan fingerprint density at radius 2 is 0.971 bits per heavy atom. The van der Waals surface area contributed by atoms with Crippen LogP contribution in [0.25, 0.3) is 0 Å². The average Bonchev–Trinajstić information content (AvgIpc) is 3.54. The lowest BCUT2D eigenvalue weighted by molar-refractivity contribution is -0.156. The van der Waals surface area contributed by atoms with Crippen molar-refractivity contribution in [2.75, 3.05) is 26.2 Å². The molecule has 8 aliphatic carbocycles. The Labute approximate surface area is 217 Å². The van der Waals surface area contributed by atoms with Crippen molar-refractivity contribution in [2.45, 2.75) is 103 Å². The van der Waals surface area contributed by atoms with E-state index in [1.54, 1.807) is 0 Å². The second-order valence-electron chi connectivity index (χ2n) is 14.1. The molecule has 0 aromatic heterocycles. The molecule has 10 aliphatic rings. The quantitative estimate of drug-likeness (QED) is 0.460. The largest absolute Gasteiger partial charge is 0.342 e. The zero-order valence-electron chi connectivity index (χ0n) is 21.7. The van der Waals surface area contributed by atoms with Gasteiger partial charge in [0.1, 0.15) is 0 Å². The maximum atomic E-state index is 12.8. The number of halogens is 1. The Kier molecular flexibility index (Phi) is 7.01. The lowest BCUT2D eigenvalue weighted by Crippen LogP contribution is -2.54. The van der Waals surface area contributed by atoms with Crippen LogP contribution in [0.2, 0.25) is 0 Å². The molecule has 0 unspecified atom stereocenters. The molecule has 1 N–H and O–H groups in total. The second-order valence-corrected chi connectivity index (χ2v) is 14.5. The SMILES string of the molecule is C1CCNC1.O=C(Cl)C12CC3CC(CC(C3)C1)C2.O=C(N1CCCC1)C12CC3CC(CC(C3)C1)C2. The molecule has 1 amide bonds. The molecule has 0 atom stereocenters. The molecule has 2 heterocycles. The van der Waals surface area contributed by atoms with Crippen LogP contribution in [0.1, 0.15) is 103 Å². The fourth-order valence-electron chi connectivity index (χ4n) is 10.6. The van der Waals surface area contributed by atoms with Crippen molar-refractivity contribution in [3.63, 3.8) is 0 Å². The number of hydrogen-bond acceptors (Lipinski definition) is 3. The third-order valence-electron chi connectivity index (χ3n) is 11.3. The van der Waals surface area contributed by atoms with E-state index >= 15 is 0 Å². The van der Waals surface area contributed by atoms with E-state index in [2.05, 4.69) is 10.2 Å². The lowest BCUT2D eigenvalue weighted by atomic mass is 9.49. The third kappa shape index (κ3) is 4.97. The first kappa shape index (κ1) is 24.7. The van der Waals surface area contributed by atoms with Crippen molar-refractivity contribution in [1.29, 1.82) is 0 Å². The monoisotopic (exact) mass is 502 g/mol. The normalized spacial score (nSPS) is 46.1. The standard InChI is InChI=1S/C15H23NO.C11H15ClO.C4H9N/c17-14(16-3-1-2-4-16)15-8-11-5-12(9-15)7-13(6-11)10-15;12-10(13)11-4-7-1-8(5-11)3-9(2-7)6-11;1-2-4-5-3-1/h11-13H,1-10H2;7-9H,1-6H2;5H,1-4H2. The molecule has 0 radical (unpaired) electrons. The number of rotatable bonds is 2. The van der Waals surface area contributed by atoms with E-state index in [-0.39, 0.29) is 16.1 Å². The zero-order chi connectivity index (χ0) is 24.0. The van der Waals surface area contributed by atoms with Crippen LogP contribution in [0.15, 0.2) is 0 Å². The first-order chi connectivity index (χ1) is 16.9. The number of carbonyl (C=O) groups excluding carboxylic acids is 2. The van der Waals surface area contributed by atoms with E-state index in [4.69, 9.17) is 11.6 Å². The summed E-state index contributed by atoms with van der Waals surface area (Å²) in [5, 5.41) is 3.19. The van der Waals surface area contributed by atoms with E-state index in [9.17, 15) is 9.59 Å². The molecule has 5 heteroatoms. The minimum Gasteiger partial charge on any atom is -0.342 e. The second kappa shape index (κ2) is 9.93. The van der Waals surface area contributed by atoms with Gasteiger partial charge in [-0.05, 0) is 163 Å². The molecule has 2 saturated heterocycles. The van der Waals surface area contributed by atoms with E-state index < -0.39 is 0 Å². The summed E-state index contributed by atoms with van der Waals surface area (Å²) < 4.78 is 0. The molecule has 0 spiro atoms. The van der Waals surface area contributed by atoms with E-state index in [1.165, 1.54) is 96.6 Å². The van der Waals surface area contributed by atoms with Crippen LogP contribution in [0.3, 0.4) is 0 Å². The van der Waals surface area contributed by atoms with E-state index in [0.29, 0.717) is 5.91 Å². The molecule has 35 heavy (non-hydrogen) atoms. The number of hydrogen-bond donors (Lipinski definition) is 1. The molecule has 10 fully saturated rings. The predicted molar refractivity (Wildman–Crippen MR) is 140 cm³/mol. The van der Waals surface area contributed by atoms with Crippen LogP contribution in [-0.2, 0) is 9.59 Å². The van der Waals surface area contributed by atoms with Gasteiger partial charge < -0.3 is 10.2 Å². The van der Waals surface area contributed by atoms with Gasteiger partial charge in [0.05, 0.1) is 5.41 Å². The van der Waals surface area contributed by atoms with E-state index in [1.807, 2.05) is 0 Å². The van der Waals surface area contributed by atoms with Gasteiger partial charge in [-0.25, -0.2) is 0 Å². The van der Waals surface area contributed by atoms with Crippen LogP contribution in [-0.4, -0.2) is 42.2 Å². The Morgan fingerprint density at radius 1 is 0.600 bits per heavy atom. The van der Waals surface area contributed by atoms with Gasteiger partial charge in [-0.3, -0.25) is 9.59 Å². The third-order valence-corrected chi connectivity index (χ3v) is 11.7. The molecule has 196 valence electrons. The molecule has 0 aromatic carbocycles. The van der Waals surface area contributed by atoms with Crippen molar-refractivity contribution in [2.24, 2.45) is 46.3 Å². The maximum absolute atomic E-state index is 12.8. The topological polar surface area (TPSA) is 49.4 Å². The van der Waals surface area contributed by atoms with Gasteiger partial charge in [0.25, 0.3) is 0 Å². The molecule has 10 rings (SSSR count). The van der Waals surface area contributed by atoms with Gasteiger partial charge in [0.15, 0.2) is 0 Å². The highest BCUT2D eigenvalue weighted by atomic mass is 35.5. The van der Waals surface area contributed by atoms with Crippen molar-refractivity contribution in [3.05, 3.63) is 0 Å². The summed E-state index contributed by atoms with van der Waals surface area (Å²) in [6.07, 6.45) is 20.7. The van der Waals surface area contributed by atoms with Gasteiger partial charge in [-0.2, -0.15) is 0 Å². The van der Waals surface area contributed by atoms with Crippen molar-refractivity contribution < 1.29 is 9.59 Å². The number of likely N-dealkylation sites (tertiary alicyclic amines) is 1. The Balaban J connectivity index is 0.000000112. The number of nitrogens with zero attached hydrogens (tertiary/aromatic N) is 1. The smallest absolute Gasteiger partial charge is 0.228 e. The van der Waals surface area contributed by atoms with Gasteiger partial charge in [0.2, 0.25) is 11.1 Å². The highest BCUT2D eigenvalue weighted by molar-refractivity contribution is 6.64. The van der Waals surface area contributed by atoms with Gasteiger partial charge in [-0.1, -0.05) is 0 Å². The molecule has 2 aliphatic heterocycles. The Hall–Kier alpha value is -0.610. The minimum absolute atomic E-state index is 0.0356. The Bertz CT molecular complexity index is 722. The highest BCUT2D eigenvalue weighted by Crippen LogP contribution is 2.61. The summed E-state index contributed by atoms with van der Waals surface area (Å²) in [4.78, 5) is 26.5. The van der Waals surface area contributed by atoms with Gasteiger partial charge in [-0.15, -0.1) is 0 Å².